The molecule has 0 aromatic heterocycles. The Labute approximate surface area is 137 Å². The van der Waals surface area contributed by atoms with Crippen LogP contribution in [0.1, 0.15) is 22.3 Å². The Morgan fingerprint density at radius 1 is 1.17 bits per heavy atom. The number of nitrogens with one attached hydrogen (secondary N) is 1. The molecule has 0 aliphatic carbocycles. The summed E-state index contributed by atoms with van der Waals surface area (Å²) in [5.41, 5.74) is 3.99. The number of urea groups is 1. The Morgan fingerprint density at radius 2 is 1.91 bits per heavy atom. The van der Waals surface area contributed by atoms with E-state index in [9.17, 15) is 4.79 Å². The van der Waals surface area contributed by atoms with Gasteiger partial charge in [0.05, 0.1) is 11.6 Å². The van der Waals surface area contributed by atoms with E-state index in [0.29, 0.717) is 18.7 Å². The smallest absolute Gasteiger partial charge is 0.317 e. The van der Waals surface area contributed by atoms with Gasteiger partial charge in [-0.1, -0.05) is 42.0 Å². The van der Waals surface area contributed by atoms with Gasteiger partial charge >= 0.3 is 6.03 Å². The summed E-state index contributed by atoms with van der Waals surface area (Å²) in [6.07, 6.45) is 0.811. The minimum absolute atomic E-state index is 0.111. The van der Waals surface area contributed by atoms with Gasteiger partial charge in [0.1, 0.15) is 0 Å². The van der Waals surface area contributed by atoms with Gasteiger partial charge in [0.2, 0.25) is 0 Å². The third-order valence-electron chi connectivity index (χ3n) is 3.59. The Bertz CT molecular complexity index is 719. The van der Waals surface area contributed by atoms with Crippen molar-refractivity contribution in [2.24, 2.45) is 0 Å². The third kappa shape index (κ3) is 5.15. The monoisotopic (exact) mass is 307 g/mol. The first-order valence-corrected chi connectivity index (χ1v) is 7.62. The molecule has 0 bridgehead atoms. The number of benzene rings is 2. The molecule has 0 saturated carbocycles. The zero-order valence-electron chi connectivity index (χ0n) is 13.5. The molecule has 23 heavy (non-hydrogen) atoms. The average molecular weight is 307 g/mol. The largest absolute Gasteiger partial charge is 0.338 e. The van der Waals surface area contributed by atoms with Crippen LogP contribution in [0.15, 0.2) is 48.5 Å². The van der Waals surface area contributed by atoms with Gasteiger partial charge in [-0.05, 0) is 36.6 Å². The van der Waals surface area contributed by atoms with Crippen molar-refractivity contribution in [2.75, 3.05) is 13.6 Å². The van der Waals surface area contributed by atoms with Crippen molar-refractivity contribution in [1.82, 2.24) is 10.2 Å². The van der Waals surface area contributed by atoms with Gasteiger partial charge in [-0.2, -0.15) is 5.26 Å². The predicted octanol–water partition coefficient (Wildman–Crippen LogP) is 3.25. The Hall–Kier alpha value is -2.80. The fourth-order valence-corrected chi connectivity index (χ4v) is 2.40. The number of carbonyl (C=O) groups is 1. The van der Waals surface area contributed by atoms with E-state index in [1.165, 1.54) is 11.1 Å². The SMILES string of the molecule is Cc1cccc(CCNC(=O)N(C)Cc2cccc(C#N)c2)c1. The lowest BCUT2D eigenvalue weighted by Gasteiger charge is -2.18. The van der Waals surface area contributed by atoms with Gasteiger partial charge < -0.3 is 10.2 Å². The fraction of sp³-hybridized carbons (Fsp3) is 0.263. The zero-order valence-corrected chi connectivity index (χ0v) is 13.5. The van der Waals surface area contributed by atoms with Gasteiger partial charge in [0.25, 0.3) is 0 Å². The molecule has 0 heterocycles. The fourth-order valence-electron chi connectivity index (χ4n) is 2.40. The van der Waals surface area contributed by atoms with Crippen LogP contribution in [-0.2, 0) is 13.0 Å². The second-order valence-corrected chi connectivity index (χ2v) is 5.64. The van der Waals surface area contributed by atoms with Gasteiger partial charge in [0, 0.05) is 20.1 Å². The molecule has 2 rings (SSSR count). The van der Waals surface area contributed by atoms with E-state index < -0.39 is 0 Å². The minimum atomic E-state index is -0.111. The first-order chi connectivity index (χ1) is 11.1. The third-order valence-corrected chi connectivity index (χ3v) is 3.59. The van der Waals surface area contributed by atoms with Crippen molar-refractivity contribution in [3.05, 3.63) is 70.8 Å². The number of hydrogen-bond donors (Lipinski definition) is 1. The first-order valence-electron chi connectivity index (χ1n) is 7.62. The summed E-state index contributed by atoms with van der Waals surface area (Å²) < 4.78 is 0. The molecule has 4 nitrogen and oxygen atoms in total. The Morgan fingerprint density at radius 3 is 2.65 bits per heavy atom. The maximum Gasteiger partial charge on any atom is 0.317 e. The predicted molar refractivity (Wildman–Crippen MR) is 90.9 cm³/mol. The number of nitriles is 1. The van der Waals surface area contributed by atoms with Gasteiger partial charge in [-0.25, -0.2) is 4.79 Å². The van der Waals surface area contributed by atoms with E-state index in [-0.39, 0.29) is 6.03 Å². The molecule has 2 amide bonds. The van der Waals surface area contributed by atoms with Crippen LogP contribution in [-0.4, -0.2) is 24.5 Å². The highest BCUT2D eigenvalue weighted by atomic mass is 16.2. The standard InChI is InChI=1S/C19H21N3O/c1-15-5-3-6-16(11-15)9-10-21-19(23)22(2)14-18-8-4-7-17(12-18)13-20/h3-8,11-12H,9-10,14H2,1-2H3,(H,21,23). The Kier molecular flexibility index (Phi) is 5.76. The maximum atomic E-state index is 12.1. The lowest BCUT2D eigenvalue weighted by Crippen LogP contribution is -2.37. The molecular weight excluding hydrogens is 286 g/mol. The van der Waals surface area contributed by atoms with Crippen LogP contribution in [0.2, 0.25) is 0 Å². The summed E-state index contributed by atoms with van der Waals surface area (Å²) in [5, 5.41) is 11.8. The number of carbonyl (C=O) groups excluding carboxylic acids is 1. The van der Waals surface area contributed by atoms with Crippen LogP contribution >= 0.6 is 0 Å². The van der Waals surface area contributed by atoms with Crippen LogP contribution in [0.4, 0.5) is 4.79 Å². The summed E-state index contributed by atoms with van der Waals surface area (Å²) >= 11 is 0. The molecule has 0 atom stereocenters. The molecule has 4 heteroatoms. The quantitative estimate of drug-likeness (QED) is 0.922. The summed E-state index contributed by atoms with van der Waals surface area (Å²) in [6.45, 7) is 3.14. The second-order valence-electron chi connectivity index (χ2n) is 5.64. The Balaban J connectivity index is 1.82. The summed E-state index contributed by atoms with van der Waals surface area (Å²) in [7, 11) is 1.75. The highest BCUT2D eigenvalue weighted by molar-refractivity contribution is 5.73. The average Bonchev–Trinajstić information content (AvgIpc) is 2.55. The van der Waals surface area contributed by atoms with E-state index in [2.05, 4.69) is 36.5 Å². The molecule has 0 aliphatic rings. The molecule has 0 spiro atoms. The van der Waals surface area contributed by atoms with Gasteiger partial charge in [0.15, 0.2) is 0 Å². The van der Waals surface area contributed by atoms with Crippen molar-refractivity contribution in [3.63, 3.8) is 0 Å². The maximum absolute atomic E-state index is 12.1. The number of aryl methyl sites for hydroxylation is 1. The second kappa shape index (κ2) is 8.00. The van der Waals surface area contributed by atoms with E-state index >= 15 is 0 Å². The van der Waals surface area contributed by atoms with Crippen LogP contribution in [0.5, 0.6) is 0 Å². The van der Waals surface area contributed by atoms with Crippen LogP contribution in [0.3, 0.4) is 0 Å². The normalized spacial score (nSPS) is 9.96. The summed E-state index contributed by atoms with van der Waals surface area (Å²) in [4.78, 5) is 13.7. The lowest BCUT2D eigenvalue weighted by atomic mass is 10.1. The molecule has 0 aliphatic heterocycles. The first kappa shape index (κ1) is 16.6. The van der Waals surface area contributed by atoms with Crippen molar-refractivity contribution in [3.8, 4) is 6.07 Å². The van der Waals surface area contributed by atoms with Crippen LogP contribution in [0, 0.1) is 18.3 Å². The number of nitrogens with zero attached hydrogens (tertiary/aromatic N) is 2. The van der Waals surface area contributed by atoms with Crippen molar-refractivity contribution in [2.45, 2.75) is 19.9 Å². The molecule has 118 valence electrons. The van der Waals surface area contributed by atoms with Crippen molar-refractivity contribution < 1.29 is 4.79 Å². The molecule has 2 aromatic carbocycles. The molecule has 2 aromatic rings. The summed E-state index contributed by atoms with van der Waals surface area (Å²) in [5.74, 6) is 0. The molecule has 0 unspecified atom stereocenters. The van der Waals surface area contributed by atoms with E-state index in [0.717, 1.165) is 12.0 Å². The lowest BCUT2D eigenvalue weighted by molar-refractivity contribution is 0.207. The van der Waals surface area contributed by atoms with Crippen molar-refractivity contribution in [1.29, 1.82) is 5.26 Å². The van der Waals surface area contributed by atoms with E-state index in [4.69, 9.17) is 5.26 Å². The molecule has 0 fully saturated rings. The van der Waals surface area contributed by atoms with Gasteiger partial charge in [-0.3, -0.25) is 0 Å². The number of rotatable bonds is 5. The van der Waals surface area contributed by atoms with E-state index in [1.807, 2.05) is 18.2 Å². The molecule has 1 N–H and O–H groups in total. The van der Waals surface area contributed by atoms with E-state index in [1.54, 1.807) is 24.1 Å². The summed E-state index contributed by atoms with van der Waals surface area (Å²) in [6, 6.07) is 17.6. The van der Waals surface area contributed by atoms with Gasteiger partial charge in [-0.15, -0.1) is 0 Å². The molecule has 0 saturated heterocycles. The molecular formula is C19H21N3O. The number of amides is 2. The number of hydrogen-bond acceptors (Lipinski definition) is 2. The van der Waals surface area contributed by atoms with Crippen LogP contribution in [0.25, 0.3) is 0 Å². The minimum Gasteiger partial charge on any atom is -0.338 e. The van der Waals surface area contributed by atoms with Crippen molar-refractivity contribution >= 4 is 6.03 Å². The highest BCUT2D eigenvalue weighted by Gasteiger charge is 2.08. The topological polar surface area (TPSA) is 56.1 Å². The zero-order chi connectivity index (χ0) is 16.7. The highest BCUT2D eigenvalue weighted by Crippen LogP contribution is 2.07. The van der Waals surface area contributed by atoms with Crippen LogP contribution < -0.4 is 5.32 Å². The molecule has 0 radical (unpaired) electrons.